The van der Waals surface area contributed by atoms with Crippen LogP contribution in [0.25, 0.3) is 0 Å². The topological polar surface area (TPSA) is 75.7 Å². The van der Waals surface area contributed by atoms with Crippen molar-refractivity contribution in [2.24, 2.45) is 11.8 Å². The van der Waals surface area contributed by atoms with Crippen molar-refractivity contribution in [1.29, 1.82) is 0 Å². The zero-order valence-corrected chi connectivity index (χ0v) is 14.7. The molecule has 7 heteroatoms. The average Bonchev–Trinajstić information content (AvgIpc) is 2.93. The third-order valence-corrected chi connectivity index (χ3v) is 4.27. The Bertz CT molecular complexity index is 647. The molecule has 0 radical (unpaired) electrons. The number of ether oxygens (including phenoxy) is 1. The van der Waals surface area contributed by atoms with E-state index < -0.39 is 17.9 Å². The van der Waals surface area contributed by atoms with Crippen LogP contribution in [0.3, 0.4) is 0 Å². The van der Waals surface area contributed by atoms with E-state index in [2.05, 4.69) is 5.32 Å². The molecule has 1 heterocycles. The molecule has 24 heavy (non-hydrogen) atoms. The number of amides is 2. The Balaban J connectivity index is 2.07. The SMILES string of the molecule is COC(=O)[C@@H](NC(=O)[C@H]1CC(=O)N(c2cccc(Cl)c2)C1)C(C)C. The van der Waals surface area contributed by atoms with E-state index in [0.717, 1.165) is 0 Å². The number of rotatable bonds is 5. The number of carbonyl (C=O) groups is 3. The molecule has 1 aromatic carbocycles. The molecular weight excluding hydrogens is 332 g/mol. The lowest BCUT2D eigenvalue weighted by atomic mass is 10.0. The molecule has 0 saturated carbocycles. The van der Waals surface area contributed by atoms with Gasteiger partial charge in [0.05, 0.1) is 13.0 Å². The maximum Gasteiger partial charge on any atom is 0.328 e. The van der Waals surface area contributed by atoms with Crippen LogP contribution in [-0.4, -0.2) is 37.5 Å². The highest BCUT2D eigenvalue weighted by Gasteiger charge is 2.37. The van der Waals surface area contributed by atoms with Crippen molar-refractivity contribution in [2.75, 3.05) is 18.6 Å². The van der Waals surface area contributed by atoms with E-state index >= 15 is 0 Å². The van der Waals surface area contributed by atoms with Crippen LogP contribution in [0, 0.1) is 11.8 Å². The molecule has 1 aliphatic rings. The minimum atomic E-state index is -0.724. The van der Waals surface area contributed by atoms with Crippen molar-refractivity contribution < 1.29 is 19.1 Å². The second kappa shape index (κ2) is 7.66. The summed E-state index contributed by atoms with van der Waals surface area (Å²) in [5.41, 5.74) is 0.663. The van der Waals surface area contributed by atoms with Crippen LogP contribution in [0.15, 0.2) is 24.3 Å². The molecule has 2 atom stereocenters. The molecular formula is C17H21ClN2O4. The van der Waals surface area contributed by atoms with E-state index in [4.69, 9.17) is 16.3 Å². The number of halogens is 1. The van der Waals surface area contributed by atoms with Gasteiger partial charge in [0.25, 0.3) is 0 Å². The maximum atomic E-state index is 12.4. The van der Waals surface area contributed by atoms with Crippen LogP contribution in [0.5, 0.6) is 0 Å². The summed E-state index contributed by atoms with van der Waals surface area (Å²) in [6.45, 7) is 3.90. The van der Waals surface area contributed by atoms with Crippen molar-refractivity contribution >= 4 is 35.1 Å². The predicted octanol–water partition coefficient (Wildman–Crippen LogP) is 2.01. The molecule has 6 nitrogen and oxygen atoms in total. The zero-order valence-electron chi connectivity index (χ0n) is 13.9. The number of anilines is 1. The summed E-state index contributed by atoms with van der Waals surface area (Å²) in [6.07, 6.45) is 0.102. The Kier molecular flexibility index (Phi) is 5.83. The summed E-state index contributed by atoms with van der Waals surface area (Å²) in [4.78, 5) is 38.0. The fraction of sp³-hybridized carbons (Fsp3) is 0.471. The fourth-order valence-electron chi connectivity index (χ4n) is 2.67. The monoisotopic (exact) mass is 352 g/mol. The molecule has 1 N–H and O–H groups in total. The lowest BCUT2D eigenvalue weighted by molar-refractivity contribution is -0.146. The van der Waals surface area contributed by atoms with Crippen LogP contribution in [0.1, 0.15) is 20.3 Å². The third kappa shape index (κ3) is 4.06. The number of hydrogen-bond acceptors (Lipinski definition) is 4. The first-order valence-corrected chi connectivity index (χ1v) is 8.15. The maximum absolute atomic E-state index is 12.4. The molecule has 130 valence electrons. The Hall–Kier alpha value is -2.08. The summed E-state index contributed by atoms with van der Waals surface area (Å²) in [5, 5.41) is 3.22. The van der Waals surface area contributed by atoms with Gasteiger partial charge in [-0.3, -0.25) is 9.59 Å². The smallest absolute Gasteiger partial charge is 0.328 e. The third-order valence-electron chi connectivity index (χ3n) is 4.04. The van der Waals surface area contributed by atoms with Crippen LogP contribution in [-0.2, 0) is 19.1 Å². The first-order chi connectivity index (χ1) is 11.3. The molecule has 1 aromatic rings. The number of carbonyl (C=O) groups excluding carboxylic acids is 3. The molecule has 0 unspecified atom stereocenters. The Morgan fingerprint density at radius 3 is 2.67 bits per heavy atom. The quantitative estimate of drug-likeness (QED) is 0.822. The van der Waals surface area contributed by atoms with Crippen LogP contribution in [0.4, 0.5) is 5.69 Å². The van der Waals surface area contributed by atoms with Gasteiger partial charge in [-0.05, 0) is 24.1 Å². The van der Waals surface area contributed by atoms with Crippen LogP contribution < -0.4 is 10.2 Å². The minimum Gasteiger partial charge on any atom is -0.467 e. The van der Waals surface area contributed by atoms with E-state index in [1.807, 2.05) is 13.8 Å². The molecule has 1 saturated heterocycles. The minimum absolute atomic E-state index is 0.102. The number of hydrogen-bond donors (Lipinski definition) is 1. The molecule has 1 fully saturated rings. The van der Waals surface area contributed by atoms with Crippen molar-refractivity contribution in [3.63, 3.8) is 0 Å². The summed E-state index contributed by atoms with van der Waals surface area (Å²) < 4.78 is 4.72. The molecule has 2 rings (SSSR count). The number of esters is 1. The number of methoxy groups -OCH3 is 1. The second-order valence-corrected chi connectivity index (χ2v) is 6.58. The van der Waals surface area contributed by atoms with Crippen molar-refractivity contribution in [1.82, 2.24) is 5.32 Å². The van der Waals surface area contributed by atoms with Gasteiger partial charge in [-0.1, -0.05) is 31.5 Å². The predicted molar refractivity (Wildman–Crippen MR) is 90.7 cm³/mol. The molecule has 0 bridgehead atoms. The van der Waals surface area contributed by atoms with Crippen LogP contribution >= 0.6 is 11.6 Å². The molecule has 1 aliphatic heterocycles. The standard InChI is InChI=1S/C17H21ClN2O4/c1-10(2)15(17(23)24-3)19-16(22)11-7-14(21)20(9-11)13-6-4-5-12(18)8-13/h4-6,8,10-11,15H,7,9H2,1-3H3,(H,19,22)/t11-,15-/m0/s1. The summed E-state index contributed by atoms with van der Waals surface area (Å²) in [6, 6.07) is 6.21. The van der Waals surface area contributed by atoms with E-state index in [9.17, 15) is 14.4 Å². The first-order valence-electron chi connectivity index (χ1n) is 7.77. The van der Waals surface area contributed by atoms with E-state index in [0.29, 0.717) is 10.7 Å². The van der Waals surface area contributed by atoms with Gasteiger partial charge in [-0.15, -0.1) is 0 Å². The molecule has 0 aromatic heterocycles. The highest BCUT2D eigenvalue weighted by atomic mass is 35.5. The summed E-state index contributed by atoms with van der Waals surface area (Å²) in [5.74, 6) is -1.58. The summed E-state index contributed by atoms with van der Waals surface area (Å²) in [7, 11) is 1.28. The molecule has 2 amide bonds. The van der Waals surface area contributed by atoms with E-state index in [1.54, 1.807) is 29.2 Å². The molecule has 0 spiro atoms. The summed E-state index contributed by atoms with van der Waals surface area (Å²) >= 11 is 5.96. The fourth-order valence-corrected chi connectivity index (χ4v) is 2.86. The van der Waals surface area contributed by atoms with Gasteiger partial charge in [-0.2, -0.15) is 0 Å². The Morgan fingerprint density at radius 1 is 1.38 bits per heavy atom. The van der Waals surface area contributed by atoms with Crippen molar-refractivity contribution in [3.05, 3.63) is 29.3 Å². The number of nitrogens with one attached hydrogen (secondary N) is 1. The zero-order chi connectivity index (χ0) is 17.9. The second-order valence-electron chi connectivity index (χ2n) is 6.14. The normalized spacial score (nSPS) is 18.6. The van der Waals surface area contributed by atoms with E-state index in [-0.39, 0.29) is 30.7 Å². The van der Waals surface area contributed by atoms with Gasteiger partial charge in [0.1, 0.15) is 6.04 Å². The Labute approximate surface area is 146 Å². The van der Waals surface area contributed by atoms with Gasteiger partial charge in [0.2, 0.25) is 11.8 Å². The van der Waals surface area contributed by atoms with Gasteiger partial charge >= 0.3 is 5.97 Å². The largest absolute Gasteiger partial charge is 0.467 e. The number of benzene rings is 1. The number of nitrogens with zero attached hydrogens (tertiary/aromatic N) is 1. The van der Waals surface area contributed by atoms with Gasteiger partial charge in [-0.25, -0.2) is 4.79 Å². The average molecular weight is 353 g/mol. The van der Waals surface area contributed by atoms with Crippen molar-refractivity contribution in [3.8, 4) is 0 Å². The van der Waals surface area contributed by atoms with Gasteiger partial charge < -0.3 is 15.0 Å². The molecule has 0 aliphatic carbocycles. The lowest BCUT2D eigenvalue weighted by Gasteiger charge is -2.22. The van der Waals surface area contributed by atoms with Gasteiger partial charge in [0, 0.05) is 23.7 Å². The first kappa shape index (κ1) is 18.3. The van der Waals surface area contributed by atoms with Crippen LogP contribution in [0.2, 0.25) is 5.02 Å². The highest BCUT2D eigenvalue weighted by molar-refractivity contribution is 6.31. The van der Waals surface area contributed by atoms with Gasteiger partial charge in [0.15, 0.2) is 0 Å². The van der Waals surface area contributed by atoms with E-state index in [1.165, 1.54) is 7.11 Å². The van der Waals surface area contributed by atoms with Crippen molar-refractivity contribution in [2.45, 2.75) is 26.3 Å². The Morgan fingerprint density at radius 2 is 2.08 bits per heavy atom. The lowest BCUT2D eigenvalue weighted by Crippen LogP contribution is -2.47. The highest BCUT2D eigenvalue weighted by Crippen LogP contribution is 2.27.